The van der Waals surface area contributed by atoms with Gasteiger partial charge in [-0.15, -0.1) is 4.68 Å². The summed E-state index contributed by atoms with van der Waals surface area (Å²) in [5.74, 6) is -1.81. The average molecular weight is 285 g/mol. The van der Waals surface area contributed by atoms with Crippen LogP contribution < -0.4 is 0 Å². The second-order valence-corrected chi connectivity index (χ2v) is 4.09. The predicted molar refractivity (Wildman–Crippen MR) is 70.3 cm³/mol. The van der Waals surface area contributed by atoms with Crippen molar-refractivity contribution in [1.29, 1.82) is 0 Å². The van der Waals surface area contributed by atoms with E-state index in [1.807, 2.05) is 0 Å². The van der Waals surface area contributed by atoms with E-state index in [-0.39, 0.29) is 11.3 Å². The van der Waals surface area contributed by atoms with Crippen molar-refractivity contribution < 1.29 is 14.8 Å². The molecule has 3 rings (SSSR count). The van der Waals surface area contributed by atoms with Crippen molar-refractivity contribution in [1.82, 2.24) is 19.7 Å². The van der Waals surface area contributed by atoms with Crippen molar-refractivity contribution in [2.45, 2.75) is 0 Å². The number of carbonyl (C=O) groups is 1. The normalized spacial score (nSPS) is 10.7. The van der Waals surface area contributed by atoms with E-state index in [1.165, 1.54) is 6.20 Å². The highest BCUT2D eigenvalue weighted by Gasteiger charge is 2.22. The third kappa shape index (κ3) is 2.06. The minimum absolute atomic E-state index is 0.117. The Balaban J connectivity index is 2.34. The van der Waals surface area contributed by atoms with Crippen LogP contribution in [0.4, 0.5) is 5.95 Å². The summed E-state index contributed by atoms with van der Waals surface area (Å²) in [6, 6.07) is 6.83. The molecular formula is C12H7N5O4. The zero-order valence-corrected chi connectivity index (χ0v) is 10.4. The lowest BCUT2D eigenvalue weighted by atomic mass is 10.1. The molecule has 0 aliphatic carbocycles. The summed E-state index contributed by atoms with van der Waals surface area (Å²) in [6.07, 6.45) is 2.29. The SMILES string of the molecule is O=C(O)c1cnc2ccccc2c1-n1cnc([N+](=O)[O-])n1. The third-order valence-corrected chi connectivity index (χ3v) is 2.85. The van der Waals surface area contributed by atoms with E-state index >= 15 is 0 Å². The molecule has 0 atom stereocenters. The topological polar surface area (TPSA) is 124 Å². The quantitative estimate of drug-likeness (QED) is 0.570. The van der Waals surface area contributed by atoms with Crippen LogP contribution in [0, 0.1) is 10.1 Å². The second kappa shape index (κ2) is 4.63. The van der Waals surface area contributed by atoms with Gasteiger partial charge in [0.1, 0.15) is 11.3 Å². The van der Waals surface area contributed by atoms with Crippen LogP contribution >= 0.6 is 0 Å². The van der Waals surface area contributed by atoms with E-state index in [1.54, 1.807) is 24.3 Å². The molecular weight excluding hydrogens is 278 g/mol. The number of carboxylic acid groups (broad SMARTS) is 1. The van der Waals surface area contributed by atoms with Crippen molar-refractivity contribution in [2.75, 3.05) is 0 Å². The number of fused-ring (bicyclic) bond motifs is 1. The standard InChI is InChI=1S/C12H7N5O4/c18-11(19)8-5-13-9-4-2-1-3-7(9)10(8)16-6-14-12(15-16)17(20)21/h1-6H,(H,18,19). The molecule has 2 aromatic heterocycles. The number of aromatic nitrogens is 4. The molecule has 0 aliphatic rings. The minimum atomic E-state index is -1.21. The number of para-hydroxylation sites is 1. The maximum absolute atomic E-state index is 11.3. The lowest BCUT2D eigenvalue weighted by molar-refractivity contribution is -0.394. The van der Waals surface area contributed by atoms with Crippen molar-refractivity contribution in [2.24, 2.45) is 0 Å². The highest BCUT2D eigenvalue weighted by molar-refractivity contribution is 6.00. The van der Waals surface area contributed by atoms with Gasteiger partial charge in [0.15, 0.2) is 0 Å². The molecule has 0 bridgehead atoms. The van der Waals surface area contributed by atoms with Gasteiger partial charge in [-0.25, -0.2) is 4.79 Å². The fourth-order valence-electron chi connectivity index (χ4n) is 1.98. The maximum atomic E-state index is 11.3. The van der Waals surface area contributed by atoms with Crippen LogP contribution in [0.3, 0.4) is 0 Å². The number of benzene rings is 1. The molecule has 0 aliphatic heterocycles. The summed E-state index contributed by atoms with van der Waals surface area (Å²) in [6.45, 7) is 0. The highest BCUT2D eigenvalue weighted by atomic mass is 16.6. The number of aromatic carboxylic acids is 1. The lowest BCUT2D eigenvalue weighted by Crippen LogP contribution is -2.08. The van der Waals surface area contributed by atoms with Gasteiger partial charge in [0.2, 0.25) is 6.33 Å². The first-order chi connectivity index (χ1) is 10.1. The van der Waals surface area contributed by atoms with Crippen molar-refractivity contribution in [3.63, 3.8) is 0 Å². The van der Waals surface area contributed by atoms with Crippen LogP contribution in [0.5, 0.6) is 0 Å². The monoisotopic (exact) mass is 285 g/mol. The molecule has 2 heterocycles. The summed E-state index contributed by atoms with van der Waals surface area (Å²) in [5, 5.41) is 24.1. The molecule has 0 saturated heterocycles. The number of nitrogens with zero attached hydrogens (tertiary/aromatic N) is 5. The van der Waals surface area contributed by atoms with Crippen molar-refractivity contribution in [3.8, 4) is 5.69 Å². The summed E-state index contributed by atoms with van der Waals surface area (Å²) < 4.78 is 1.08. The Kier molecular flexibility index (Phi) is 2.79. The molecule has 0 saturated carbocycles. The summed E-state index contributed by atoms with van der Waals surface area (Å²) >= 11 is 0. The Hall–Kier alpha value is -3.36. The van der Waals surface area contributed by atoms with Gasteiger partial charge < -0.3 is 15.2 Å². The van der Waals surface area contributed by atoms with Gasteiger partial charge in [0, 0.05) is 16.7 Å². The molecule has 1 aromatic carbocycles. The summed E-state index contributed by atoms with van der Waals surface area (Å²) in [4.78, 5) is 28.9. The number of hydrogen-bond acceptors (Lipinski definition) is 6. The fourth-order valence-corrected chi connectivity index (χ4v) is 1.98. The van der Waals surface area contributed by atoms with Crippen molar-refractivity contribution >= 4 is 22.8 Å². The van der Waals surface area contributed by atoms with Gasteiger partial charge in [-0.05, 0) is 11.0 Å². The van der Waals surface area contributed by atoms with Gasteiger partial charge in [0.25, 0.3) is 0 Å². The van der Waals surface area contributed by atoms with Crippen LogP contribution in [-0.2, 0) is 0 Å². The Morgan fingerprint density at radius 2 is 2.05 bits per heavy atom. The summed E-state index contributed by atoms with van der Waals surface area (Å²) in [5.41, 5.74) is 0.623. The van der Waals surface area contributed by atoms with E-state index < -0.39 is 16.8 Å². The predicted octanol–water partition coefficient (Wildman–Crippen LogP) is 1.42. The summed E-state index contributed by atoms with van der Waals surface area (Å²) in [7, 11) is 0. The molecule has 21 heavy (non-hydrogen) atoms. The Morgan fingerprint density at radius 1 is 1.29 bits per heavy atom. The minimum Gasteiger partial charge on any atom is -0.478 e. The van der Waals surface area contributed by atoms with Crippen LogP contribution in [0.2, 0.25) is 0 Å². The van der Waals surface area contributed by atoms with Crippen LogP contribution in [0.1, 0.15) is 10.4 Å². The van der Waals surface area contributed by atoms with Gasteiger partial charge >= 0.3 is 11.9 Å². The van der Waals surface area contributed by atoms with Crippen molar-refractivity contribution in [3.05, 3.63) is 52.5 Å². The largest absolute Gasteiger partial charge is 0.491 e. The van der Waals surface area contributed by atoms with E-state index in [0.29, 0.717) is 10.9 Å². The Labute approximate surface area is 116 Å². The van der Waals surface area contributed by atoms with E-state index in [4.69, 9.17) is 0 Å². The van der Waals surface area contributed by atoms with Gasteiger partial charge in [-0.1, -0.05) is 23.2 Å². The van der Waals surface area contributed by atoms with Crippen LogP contribution in [0.15, 0.2) is 36.8 Å². The molecule has 9 nitrogen and oxygen atoms in total. The zero-order chi connectivity index (χ0) is 15.0. The number of carboxylic acids is 1. The molecule has 0 spiro atoms. The Bertz CT molecular complexity index is 873. The van der Waals surface area contributed by atoms with Crippen LogP contribution in [0.25, 0.3) is 16.6 Å². The molecule has 3 aromatic rings. The average Bonchev–Trinajstić information content (AvgIpc) is 2.95. The zero-order valence-electron chi connectivity index (χ0n) is 10.4. The molecule has 104 valence electrons. The fraction of sp³-hybridized carbons (Fsp3) is 0. The molecule has 9 heteroatoms. The first-order valence-corrected chi connectivity index (χ1v) is 5.75. The van der Waals surface area contributed by atoms with Gasteiger partial charge in [-0.2, -0.15) is 0 Å². The number of hydrogen-bond donors (Lipinski definition) is 1. The van der Waals surface area contributed by atoms with E-state index in [9.17, 15) is 20.0 Å². The first kappa shape index (κ1) is 12.7. The smallest absolute Gasteiger partial charge is 0.478 e. The maximum Gasteiger partial charge on any atom is 0.491 e. The van der Waals surface area contributed by atoms with Gasteiger partial charge in [0.05, 0.1) is 5.52 Å². The first-order valence-electron chi connectivity index (χ1n) is 5.75. The molecule has 0 fully saturated rings. The lowest BCUT2D eigenvalue weighted by Gasteiger charge is -2.06. The second-order valence-electron chi connectivity index (χ2n) is 4.09. The van der Waals surface area contributed by atoms with Gasteiger partial charge in [-0.3, -0.25) is 4.98 Å². The number of pyridine rings is 1. The third-order valence-electron chi connectivity index (χ3n) is 2.85. The van der Waals surface area contributed by atoms with Crippen LogP contribution in [-0.4, -0.2) is 35.7 Å². The van der Waals surface area contributed by atoms with E-state index in [2.05, 4.69) is 15.1 Å². The number of nitro groups is 1. The molecule has 0 amide bonds. The van der Waals surface area contributed by atoms with E-state index in [0.717, 1.165) is 11.0 Å². The highest BCUT2D eigenvalue weighted by Crippen LogP contribution is 2.24. The molecule has 0 radical (unpaired) electrons. The molecule has 0 unspecified atom stereocenters. The number of rotatable bonds is 3. The Morgan fingerprint density at radius 3 is 2.71 bits per heavy atom. The molecule has 1 N–H and O–H groups in total.